The summed E-state index contributed by atoms with van der Waals surface area (Å²) in [5, 5.41) is 6.62. The molecule has 0 aromatic heterocycles. The summed E-state index contributed by atoms with van der Waals surface area (Å²) >= 11 is 0. The van der Waals surface area contributed by atoms with Gasteiger partial charge in [-0.1, -0.05) is 12.1 Å². The quantitative estimate of drug-likeness (QED) is 0.279. The summed E-state index contributed by atoms with van der Waals surface area (Å²) in [6, 6.07) is 7.65. The third kappa shape index (κ3) is 8.79. The van der Waals surface area contributed by atoms with Crippen molar-refractivity contribution in [3.63, 3.8) is 0 Å². The molecule has 1 aromatic carbocycles. The van der Waals surface area contributed by atoms with Crippen LogP contribution in [0, 0.1) is 0 Å². The van der Waals surface area contributed by atoms with Gasteiger partial charge in [-0.25, -0.2) is 0 Å². The van der Waals surface area contributed by atoms with Crippen LogP contribution in [0.2, 0.25) is 0 Å². The van der Waals surface area contributed by atoms with Crippen LogP contribution in [0.5, 0.6) is 5.75 Å². The number of benzene rings is 1. The fourth-order valence-corrected chi connectivity index (χ4v) is 2.78. The lowest BCUT2D eigenvalue weighted by Crippen LogP contribution is -2.40. The molecule has 0 aliphatic carbocycles. The van der Waals surface area contributed by atoms with E-state index < -0.39 is 5.91 Å². The van der Waals surface area contributed by atoms with Crippen molar-refractivity contribution < 1.29 is 14.3 Å². The lowest BCUT2D eigenvalue weighted by molar-refractivity contribution is -0.119. The van der Waals surface area contributed by atoms with Crippen molar-refractivity contribution in [1.82, 2.24) is 10.6 Å². The number of nitrogens with zero attached hydrogens (tertiary/aromatic N) is 1. The topological polar surface area (TPSA) is 98.0 Å². The highest BCUT2D eigenvalue weighted by Crippen LogP contribution is 2.24. The van der Waals surface area contributed by atoms with E-state index in [1.165, 1.54) is 5.56 Å². The number of hydrogen-bond acceptors (Lipinski definition) is 4. The minimum Gasteiger partial charge on any atom is -0.484 e. The molecule has 1 saturated heterocycles. The Labute approximate surface area is 178 Å². The summed E-state index contributed by atoms with van der Waals surface area (Å²) < 4.78 is 11.0. The maximum atomic E-state index is 10.7. The molecule has 2 rings (SSSR count). The van der Waals surface area contributed by atoms with Crippen LogP contribution in [0.3, 0.4) is 0 Å². The number of primary amides is 1. The van der Waals surface area contributed by atoms with Gasteiger partial charge in [-0.3, -0.25) is 9.79 Å². The van der Waals surface area contributed by atoms with Gasteiger partial charge in [0.05, 0.1) is 12.1 Å². The summed E-state index contributed by atoms with van der Waals surface area (Å²) in [6.45, 7) is 7.14. The first-order valence-corrected chi connectivity index (χ1v) is 9.17. The van der Waals surface area contributed by atoms with Crippen molar-refractivity contribution in [3.05, 3.63) is 29.8 Å². The summed E-state index contributed by atoms with van der Waals surface area (Å²) in [4.78, 5) is 15.4. The molecular formula is C19H31IN4O3. The lowest BCUT2D eigenvalue weighted by Gasteiger charge is -2.21. The van der Waals surface area contributed by atoms with E-state index in [1.807, 2.05) is 24.3 Å². The van der Waals surface area contributed by atoms with Crippen LogP contribution in [0.1, 0.15) is 32.3 Å². The monoisotopic (exact) mass is 490 g/mol. The van der Waals surface area contributed by atoms with Crippen LogP contribution >= 0.6 is 24.0 Å². The normalized spacial score (nSPS) is 19.3. The molecule has 0 spiro atoms. The number of carbonyl (C=O) groups is 1. The second kappa shape index (κ2) is 12.0. The van der Waals surface area contributed by atoms with Gasteiger partial charge in [-0.2, -0.15) is 0 Å². The molecule has 1 aliphatic heterocycles. The third-order valence-corrected chi connectivity index (χ3v) is 4.23. The maximum absolute atomic E-state index is 10.7. The highest BCUT2D eigenvalue weighted by Gasteiger charge is 2.29. The maximum Gasteiger partial charge on any atom is 0.255 e. The number of halogens is 1. The van der Waals surface area contributed by atoms with Gasteiger partial charge in [0.15, 0.2) is 12.6 Å². The minimum atomic E-state index is -0.481. The van der Waals surface area contributed by atoms with Gasteiger partial charge in [-0.15, -0.1) is 24.0 Å². The molecule has 1 unspecified atom stereocenters. The zero-order valence-electron chi connectivity index (χ0n) is 16.1. The second-order valence-corrected chi connectivity index (χ2v) is 6.67. The van der Waals surface area contributed by atoms with Crippen LogP contribution in [-0.2, 0) is 16.0 Å². The molecule has 0 saturated carbocycles. The van der Waals surface area contributed by atoms with Crippen molar-refractivity contribution in [2.45, 2.75) is 38.7 Å². The molecule has 7 nitrogen and oxygen atoms in total. The van der Waals surface area contributed by atoms with Gasteiger partial charge < -0.3 is 25.8 Å². The molecule has 152 valence electrons. The molecule has 1 fully saturated rings. The van der Waals surface area contributed by atoms with Crippen molar-refractivity contribution in [2.75, 3.05) is 32.8 Å². The molecule has 1 aromatic rings. The predicted molar refractivity (Wildman–Crippen MR) is 118 cm³/mol. The smallest absolute Gasteiger partial charge is 0.255 e. The summed E-state index contributed by atoms with van der Waals surface area (Å²) in [7, 11) is 0. The number of hydrogen-bond donors (Lipinski definition) is 3. The Hall–Kier alpha value is -1.55. The van der Waals surface area contributed by atoms with Crippen LogP contribution in [0.25, 0.3) is 0 Å². The Balaban J connectivity index is 0.00000364. The SMILES string of the molecule is CCNC(=NCC1(C)CCCO1)NCCc1ccc(OCC(N)=O)cc1.I. The number of nitrogens with one attached hydrogen (secondary N) is 2. The summed E-state index contributed by atoms with van der Waals surface area (Å²) in [5.74, 6) is 0.969. The highest BCUT2D eigenvalue weighted by molar-refractivity contribution is 14.0. The van der Waals surface area contributed by atoms with Crippen molar-refractivity contribution in [1.29, 1.82) is 0 Å². The van der Waals surface area contributed by atoms with E-state index in [4.69, 9.17) is 15.2 Å². The van der Waals surface area contributed by atoms with E-state index in [0.29, 0.717) is 12.3 Å². The van der Waals surface area contributed by atoms with Crippen LogP contribution in [0.15, 0.2) is 29.3 Å². The zero-order chi connectivity index (χ0) is 18.8. The molecular weight excluding hydrogens is 459 g/mol. The van der Waals surface area contributed by atoms with Gasteiger partial charge in [-0.05, 0) is 50.8 Å². The number of guanidine groups is 1. The number of rotatable bonds is 9. The van der Waals surface area contributed by atoms with Crippen LogP contribution in [0.4, 0.5) is 0 Å². The molecule has 1 heterocycles. The molecule has 0 radical (unpaired) electrons. The Bertz CT molecular complexity index is 601. The minimum absolute atomic E-state index is 0. The largest absolute Gasteiger partial charge is 0.484 e. The molecule has 1 atom stereocenters. The lowest BCUT2D eigenvalue weighted by atomic mass is 10.0. The average Bonchev–Trinajstić information content (AvgIpc) is 3.06. The van der Waals surface area contributed by atoms with Crippen LogP contribution in [-0.4, -0.2) is 50.3 Å². The number of nitrogens with two attached hydrogens (primary N) is 1. The standard InChI is InChI=1S/C19H30N4O3.HI/c1-3-21-18(23-14-19(2)10-4-12-26-19)22-11-9-15-5-7-16(8-6-15)25-13-17(20)24;/h5-8H,3-4,9-14H2,1-2H3,(H2,20,24)(H2,21,22,23);1H. The fourth-order valence-electron chi connectivity index (χ4n) is 2.78. The average molecular weight is 490 g/mol. The van der Waals surface area contributed by atoms with E-state index in [1.54, 1.807) is 0 Å². The van der Waals surface area contributed by atoms with Crippen molar-refractivity contribution >= 4 is 35.8 Å². The van der Waals surface area contributed by atoms with E-state index >= 15 is 0 Å². The van der Waals surface area contributed by atoms with Gasteiger partial charge in [0.1, 0.15) is 5.75 Å². The first-order chi connectivity index (χ1) is 12.5. The van der Waals surface area contributed by atoms with Crippen molar-refractivity contribution in [3.8, 4) is 5.75 Å². The number of carbonyl (C=O) groups excluding carboxylic acids is 1. The Morgan fingerprint density at radius 2 is 2.07 bits per heavy atom. The van der Waals surface area contributed by atoms with Gasteiger partial charge in [0.25, 0.3) is 5.91 Å². The second-order valence-electron chi connectivity index (χ2n) is 6.67. The zero-order valence-corrected chi connectivity index (χ0v) is 18.5. The number of ether oxygens (including phenoxy) is 2. The molecule has 0 bridgehead atoms. The summed E-state index contributed by atoms with van der Waals surface area (Å²) in [6.07, 6.45) is 3.02. The molecule has 4 N–H and O–H groups in total. The molecule has 8 heteroatoms. The molecule has 1 amide bonds. The van der Waals surface area contributed by atoms with Crippen molar-refractivity contribution in [2.24, 2.45) is 10.7 Å². The fraction of sp³-hybridized carbons (Fsp3) is 0.579. The molecule has 1 aliphatic rings. The highest BCUT2D eigenvalue weighted by atomic mass is 127. The Morgan fingerprint density at radius 3 is 2.67 bits per heavy atom. The first-order valence-electron chi connectivity index (χ1n) is 9.17. The van der Waals surface area contributed by atoms with E-state index in [0.717, 1.165) is 44.9 Å². The van der Waals surface area contributed by atoms with Gasteiger partial charge >= 0.3 is 0 Å². The predicted octanol–water partition coefficient (Wildman–Crippen LogP) is 1.84. The number of aliphatic imine (C=N–C) groups is 1. The van der Waals surface area contributed by atoms with Gasteiger partial charge in [0, 0.05) is 19.7 Å². The summed E-state index contributed by atoms with van der Waals surface area (Å²) in [5.41, 5.74) is 6.10. The van der Waals surface area contributed by atoms with E-state index in [2.05, 4.69) is 29.5 Å². The molecule has 27 heavy (non-hydrogen) atoms. The first kappa shape index (κ1) is 23.5. The Morgan fingerprint density at radius 1 is 1.33 bits per heavy atom. The van der Waals surface area contributed by atoms with Crippen LogP contribution < -0.4 is 21.1 Å². The Kier molecular flexibility index (Phi) is 10.5. The van der Waals surface area contributed by atoms with E-state index in [9.17, 15) is 4.79 Å². The third-order valence-electron chi connectivity index (χ3n) is 4.23. The van der Waals surface area contributed by atoms with E-state index in [-0.39, 0.29) is 36.2 Å². The number of amides is 1. The van der Waals surface area contributed by atoms with Gasteiger partial charge in [0.2, 0.25) is 0 Å².